The van der Waals surface area contributed by atoms with E-state index >= 15 is 0 Å². The van der Waals surface area contributed by atoms with E-state index in [9.17, 15) is 12.8 Å². The van der Waals surface area contributed by atoms with Crippen molar-refractivity contribution >= 4 is 21.6 Å². The molecule has 2 aromatic rings. The molecule has 2 N–H and O–H groups in total. The zero-order valence-electron chi connectivity index (χ0n) is 11.3. The molecule has 6 heteroatoms. The summed E-state index contributed by atoms with van der Waals surface area (Å²) < 4.78 is 37.8. The fourth-order valence-corrected chi connectivity index (χ4v) is 4.37. The first-order valence-electron chi connectivity index (χ1n) is 6.42. The molecule has 0 atom stereocenters. The molecule has 3 nitrogen and oxygen atoms in total. The number of halogens is 1. The molecule has 2 aromatic carbocycles. The second-order valence-corrected chi connectivity index (χ2v) is 7.69. The highest BCUT2D eigenvalue weighted by atomic mass is 32.2. The molecule has 0 heterocycles. The third-order valence-corrected chi connectivity index (χ3v) is 6.01. The average molecular weight is 325 g/mol. The summed E-state index contributed by atoms with van der Waals surface area (Å²) in [5.74, 6) is -0.0530. The van der Waals surface area contributed by atoms with E-state index in [1.54, 1.807) is 42.5 Å². The third-order valence-electron chi connectivity index (χ3n) is 2.96. The van der Waals surface area contributed by atoms with E-state index in [-0.39, 0.29) is 16.5 Å². The van der Waals surface area contributed by atoms with Crippen molar-refractivity contribution < 1.29 is 12.8 Å². The zero-order valence-corrected chi connectivity index (χ0v) is 13.0. The number of sulfone groups is 1. The van der Waals surface area contributed by atoms with Gasteiger partial charge in [-0.25, -0.2) is 12.8 Å². The summed E-state index contributed by atoms with van der Waals surface area (Å²) in [6.07, 6.45) is 0. The smallest absolute Gasteiger partial charge is 0.179 e. The fraction of sp³-hybridized carbons (Fsp3) is 0.200. The Kier molecular flexibility index (Phi) is 5.39. The van der Waals surface area contributed by atoms with Gasteiger partial charge >= 0.3 is 0 Å². The van der Waals surface area contributed by atoms with Gasteiger partial charge in [0.25, 0.3) is 0 Å². The largest absolute Gasteiger partial charge is 0.326 e. The maximum absolute atomic E-state index is 13.4. The molecule has 0 aliphatic carbocycles. The third kappa shape index (κ3) is 4.30. The van der Waals surface area contributed by atoms with E-state index in [0.29, 0.717) is 17.2 Å². The number of thioether (sulfide) groups is 1. The van der Waals surface area contributed by atoms with Gasteiger partial charge in [-0.05, 0) is 29.8 Å². The molecule has 0 radical (unpaired) electrons. The molecule has 0 amide bonds. The number of rotatable bonds is 6. The lowest BCUT2D eigenvalue weighted by molar-refractivity contribution is 0.596. The zero-order chi connectivity index (χ0) is 15.3. The van der Waals surface area contributed by atoms with Crippen molar-refractivity contribution in [2.24, 2.45) is 5.73 Å². The fourth-order valence-electron chi connectivity index (χ4n) is 1.77. The summed E-state index contributed by atoms with van der Waals surface area (Å²) in [6.45, 7) is 0.378. The van der Waals surface area contributed by atoms with Crippen LogP contribution < -0.4 is 5.73 Å². The predicted octanol–water partition coefficient (Wildman–Crippen LogP) is 2.85. The molecule has 0 aromatic heterocycles. The Bertz CT molecular complexity index is 700. The standard InChI is InChI=1S/C15H16FNO2S2/c16-14-3-1-2-4-15(14)20-9-10-21(18,19)13-7-5-12(11-17)6-8-13/h1-8H,9-11,17H2. The molecule has 0 aliphatic heterocycles. The Balaban J connectivity index is 1.99. The second kappa shape index (κ2) is 7.06. The Morgan fingerprint density at radius 3 is 2.33 bits per heavy atom. The molecule has 21 heavy (non-hydrogen) atoms. The predicted molar refractivity (Wildman–Crippen MR) is 83.5 cm³/mol. The maximum atomic E-state index is 13.4. The van der Waals surface area contributed by atoms with E-state index in [0.717, 1.165) is 5.56 Å². The van der Waals surface area contributed by atoms with Crippen LogP contribution in [-0.2, 0) is 16.4 Å². The summed E-state index contributed by atoms with van der Waals surface area (Å²) in [6, 6.07) is 12.9. The molecule has 2 rings (SSSR count). The van der Waals surface area contributed by atoms with Crippen LogP contribution in [0, 0.1) is 5.82 Å². The first-order chi connectivity index (χ1) is 10.0. The molecule has 0 saturated carbocycles. The van der Waals surface area contributed by atoms with Crippen LogP contribution in [0.2, 0.25) is 0 Å². The van der Waals surface area contributed by atoms with Gasteiger partial charge in [0.05, 0.1) is 10.6 Å². The van der Waals surface area contributed by atoms with Gasteiger partial charge in [-0.1, -0.05) is 24.3 Å². The molecule has 0 bridgehead atoms. The van der Waals surface area contributed by atoms with Crippen molar-refractivity contribution in [3.05, 3.63) is 59.9 Å². The Hall–Kier alpha value is -1.37. The quantitative estimate of drug-likeness (QED) is 0.830. The highest BCUT2D eigenvalue weighted by Crippen LogP contribution is 2.22. The van der Waals surface area contributed by atoms with Crippen LogP contribution in [0.5, 0.6) is 0 Å². The monoisotopic (exact) mass is 325 g/mol. The normalized spacial score (nSPS) is 11.5. The second-order valence-electron chi connectivity index (χ2n) is 4.45. The van der Waals surface area contributed by atoms with Crippen LogP contribution in [0.1, 0.15) is 5.56 Å². The highest BCUT2D eigenvalue weighted by Gasteiger charge is 2.14. The number of benzene rings is 2. The SMILES string of the molecule is NCc1ccc(S(=O)(=O)CCSc2ccccc2F)cc1. The van der Waals surface area contributed by atoms with Gasteiger partial charge in [0.2, 0.25) is 0 Å². The van der Waals surface area contributed by atoms with Gasteiger partial charge < -0.3 is 5.73 Å². The summed E-state index contributed by atoms with van der Waals surface area (Å²) in [7, 11) is -3.35. The molecule has 0 saturated heterocycles. The number of nitrogens with two attached hydrogens (primary N) is 1. The van der Waals surface area contributed by atoms with Crippen molar-refractivity contribution in [1.82, 2.24) is 0 Å². The van der Waals surface area contributed by atoms with Gasteiger partial charge in [-0.3, -0.25) is 0 Å². The summed E-state index contributed by atoms with van der Waals surface area (Å²) in [4.78, 5) is 0.736. The summed E-state index contributed by atoms with van der Waals surface area (Å²) >= 11 is 1.20. The van der Waals surface area contributed by atoms with Crippen LogP contribution in [0.15, 0.2) is 58.3 Å². The minimum absolute atomic E-state index is 0.0338. The highest BCUT2D eigenvalue weighted by molar-refractivity contribution is 8.00. The van der Waals surface area contributed by atoms with Crippen LogP contribution in [-0.4, -0.2) is 19.9 Å². The molecule has 112 valence electrons. The Morgan fingerprint density at radius 2 is 1.71 bits per heavy atom. The van der Waals surface area contributed by atoms with Gasteiger partial charge in [0, 0.05) is 17.2 Å². The van der Waals surface area contributed by atoms with Crippen LogP contribution >= 0.6 is 11.8 Å². The molecular weight excluding hydrogens is 309 g/mol. The van der Waals surface area contributed by atoms with Gasteiger partial charge in [0.1, 0.15) is 5.82 Å². The van der Waals surface area contributed by atoms with Gasteiger partial charge in [0.15, 0.2) is 9.84 Å². The Morgan fingerprint density at radius 1 is 1.05 bits per heavy atom. The minimum atomic E-state index is -3.35. The summed E-state index contributed by atoms with van der Waals surface area (Å²) in [5.41, 5.74) is 6.36. The van der Waals surface area contributed by atoms with E-state index < -0.39 is 9.84 Å². The van der Waals surface area contributed by atoms with Crippen molar-refractivity contribution in [3.8, 4) is 0 Å². The molecule has 0 fully saturated rings. The molecular formula is C15H16FNO2S2. The first-order valence-corrected chi connectivity index (χ1v) is 9.06. The lowest BCUT2D eigenvalue weighted by Crippen LogP contribution is -2.09. The average Bonchev–Trinajstić information content (AvgIpc) is 2.49. The van der Waals surface area contributed by atoms with Crippen molar-refractivity contribution in [2.45, 2.75) is 16.3 Å². The minimum Gasteiger partial charge on any atom is -0.326 e. The lowest BCUT2D eigenvalue weighted by atomic mass is 10.2. The first kappa shape index (κ1) is 16.0. The van der Waals surface area contributed by atoms with E-state index in [1.165, 1.54) is 17.8 Å². The van der Waals surface area contributed by atoms with Gasteiger partial charge in [-0.15, -0.1) is 11.8 Å². The lowest BCUT2D eigenvalue weighted by Gasteiger charge is -2.06. The van der Waals surface area contributed by atoms with Crippen molar-refractivity contribution in [3.63, 3.8) is 0 Å². The number of hydrogen-bond donors (Lipinski definition) is 1. The van der Waals surface area contributed by atoms with Crippen molar-refractivity contribution in [2.75, 3.05) is 11.5 Å². The van der Waals surface area contributed by atoms with Gasteiger partial charge in [-0.2, -0.15) is 0 Å². The van der Waals surface area contributed by atoms with Crippen LogP contribution in [0.4, 0.5) is 4.39 Å². The Labute approximate surface area is 128 Å². The van der Waals surface area contributed by atoms with E-state index in [2.05, 4.69) is 0 Å². The number of hydrogen-bond acceptors (Lipinski definition) is 4. The van der Waals surface area contributed by atoms with Crippen molar-refractivity contribution in [1.29, 1.82) is 0 Å². The maximum Gasteiger partial charge on any atom is 0.179 e. The molecule has 0 spiro atoms. The van der Waals surface area contributed by atoms with E-state index in [4.69, 9.17) is 5.73 Å². The summed E-state index contributed by atoms with van der Waals surface area (Å²) in [5, 5.41) is 0. The molecule has 0 unspecified atom stereocenters. The molecule has 0 aliphatic rings. The van der Waals surface area contributed by atoms with Crippen LogP contribution in [0.25, 0.3) is 0 Å². The van der Waals surface area contributed by atoms with E-state index in [1.807, 2.05) is 0 Å². The topological polar surface area (TPSA) is 60.2 Å². The van der Waals surface area contributed by atoms with Crippen LogP contribution in [0.3, 0.4) is 0 Å².